The number of para-hydroxylation sites is 1. The lowest BCUT2D eigenvalue weighted by molar-refractivity contribution is -0.384. The minimum absolute atomic E-state index is 0.0905. The highest BCUT2D eigenvalue weighted by Crippen LogP contribution is 2.28. The zero-order valence-corrected chi connectivity index (χ0v) is 10.6. The third-order valence-corrected chi connectivity index (χ3v) is 2.73. The second-order valence-electron chi connectivity index (χ2n) is 4.26. The van der Waals surface area contributed by atoms with Gasteiger partial charge in [0.05, 0.1) is 4.92 Å². The maximum atomic E-state index is 11.0. The summed E-state index contributed by atoms with van der Waals surface area (Å²) in [6.07, 6.45) is 3.11. The van der Waals surface area contributed by atoms with E-state index in [0.29, 0.717) is 5.69 Å². The first-order chi connectivity index (χ1) is 8.60. The van der Waals surface area contributed by atoms with Crippen molar-refractivity contribution in [2.75, 3.05) is 5.32 Å². The first kappa shape index (κ1) is 14.0. The van der Waals surface area contributed by atoms with Gasteiger partial charge in [0, 0.05) is 6.04 Å². The van der Waals surface area contributed by atoms with E-state index in [-0.39, 0.29) is 17.3 Å². The molecule has 1 aromatic rings. The molecule has 5 nitrogen and oxygen atoms in total. The van der Waals surface area contributed by atoms with Crippen molar-refractivity contribution >= 4 is 11.4 Å². The van der Waals surface area contributed by atoms with Crippen LogP contribution in [0.4, 0.5) is 11.4 Å². The van der Waals surface area contributed by atoms with Crippen LogP contribution >= 0.6 is 0 Å². The minimum Gasteiger partial charge on any atom is -0.377 e. The number of nitrogens with one attached hydrogen (secondary N) is 1. The summed E-state index contributed by atoms with van der Waals surface area (Å²) in [5.41, 5.74) is 0.374. The molecule has 0 aliphatic heterocycles. The third-order valence-electron chi connectivity index (χ3n) is 2.73. The van der Waals surface area contributed by atoms with Crippen LogP contribution in [0.15, 0.2) is 18.2 Å². The number of unbranched alkanes of at least 4 members (excludes halogenated alkanes) is 1. The predicted octanol–water partition coefficient (Wildman–Crippen LogP) is 3.46. The second kappa shape index (κ2) is 6.60. The van der Waals surface area contributed by atoms with Crippen molar-refractivity contribution in [3.8, 4) is 6.07 Å². The van der Waals surface area contributed by atoms with Gasteiger partial charge >= 0.3 is 5.69 Å². The molecular formula is C13H17N3O2. The SMILES string of the molecule is CCCCC(C)Nc1cccc(C#N)c1[N+](=O)[O-]. The van der Waals surface area contributed by atoms with E-state index in [1.165, 1.54) is 6.07 Å². The first-order valence-corrected chi connectivity index (χ1v) is 6.04. The van der Waals surface area contributed by atoms with Crippen LogP contribution in [0.5, 0.6) is 0 Å². The van der Waals surface area contributed by atoms with E-state index >= 15 is 0 Å². The fourth-order valence-electron chi connectivity index (χ4n) is 1.79. The molecular weight excluding hydrogens is 230 g/mol. The van der Waals surface area contributed by atoms with Gasteiger partial charge in [-0.3, -0.25) is 10.1 Å². The Balaban J connectivity index is 2.95. The molecule has 0 aliphatic carbocycles. The maximum Gasteiger partial charge on any atom is 0.309 e. The van der Waals surface area contributed by atoms with Crippen molar-refractivity contribution in [2.45, 2.75) is 39.2 Å². The second-order valence-corrected chi connectivity index (χ2v) is 4.26. The quantitative estimate of drug-likeness (QED) is 0.616. The van der Waals surface area contributed by atoms with Crippen LogP contribution in [-0.4, -0.2) is 11.0 Å². The fourth-order valence-corrected chi connectivity index (χ4v) is 1.79. The molecule has 0 bridgehead atoms. The Bertz CT molecular complexity index is 466. The number of nitrogens with zero attached hydrogens (tertiary/aromatic N) is 2. The summed E-state index contributed by atoms with van der Waals surface area (Å²) in [4.78, 5) is 10.5. The number of hydrogen-bond acceptors (Lipinski definition) is 4. The third kappa shape index (κ3) is 3.45. The van der Waals surface area contributed by atoms with E-state index in [2.05, 4.69) is 12.2 Å². The van der Waals surface area contributed by atoms with Gasteiger partial charge in [0.15, 0.2) is 0 Å². The molecule has 0 radical (unpaired) electrons. The Labute approximate surface area is 107 Å². The van der Waals surface area contributed by atoms with E-state index in [0.717, 1.165) is 19.3 Å². The van der Waals surface area contributed by atoms with Crippen molar-refractivity contribution in [2.24, 2.45) is 0 Å². The predicted molar refractivity (Wildman–Crippen MR) is 70.4 cm³/mol. The van der Waals surface area contributed by atoms with Gasteiger partial charge in [-0.15, -0.1) is 0 Å². The molecule has 0 fully saturated rings. The summed E-state index contributed by atoms with van der Waals surface area (Å²) in [7, 11) is 0. The number of nitriles is 1. The largest absolute Gasteiger partial charge is 0.377 e. The van der Waals surface area contributed by atoms with E-state index in [1.54, 1.807) is 12.1 Å². The van der Waals surface area contributed by atoms with E-state index in [4.69, 9.17) is 5.26 Å². The molecule has 0 spiro atoms. The molecule has 0 saturated heterocycles. The van der Waals surface area contributed by atoms with Gasteiger partial charge in [-0.05, 0) is 25.5 Å². The summed E-state index contributed by atoms with van der Waals surface area (Å²) in [6, 6.07) is 6.75. The zero-order chi connectivity index (χ0) is 13.5. The number of nitro benzene ring substituents is 1. The minimum atomic E-state index is -0.507. The summed E-state index contributed by atoms with van der Waals surface area (Å²) >= 11 is 0. The number of hydrogen-bond donors (Lipinski definition) is 1. The van der Waals surface area contributed by atoms with E-state index in [9.17, 15) is 10.1 Å². The molecule has 18 heavy (non-hydrogen) atoms. The topological polar surface area (TPSA) is 79.0 Å². The van der Waals surface area contributed by atoms with Gasteiger partial charge in [0.2, 0.25) is 0 Å². The molecule has 5 heteroatoms. The number of rotatable bonds is 6. The molecule has 0 amide bonds. The summed E-state index contributed by atoms with van der Waals surface area (Å²) in [6.45, 7) is 4.09. The maximum absolute atomic E-state index is 11.0. The first-order valence-electron chi connectivity index (χ1n) is 6.04. The summed E-state index contributed by atoms with van der Waals surface area (Å²) in [5.74, 6) is 0. The van der Waals surface area contributed by atoms with E-state index < -0.39 is 4.92 Å². The van der Waals surface area contributed by atoms with Crippen molar-refractivity contribution in [3.63, 3.8) is 0 Å². The smallest absolute Gasteiger partial charge is 0.309 e. The van der Waals surface area contributed by atoms with Crippen molar-refractivity contribution < 1.29 is 4.92 Å². The van der Waals surface area contributed by atoms with E-state index in [1.807, 2.05) is 13.0 Å². The molecule has 0 saturated carbocycles. The summed E-state index contributed by atoms with van der Waals surface area (Å²) in [5, 5.41) is 23.0. The highest BCUT2D eigenvalue weighted by Gasteiger charge is 2.20. The lowest BCUT2D eigenvalue weighted by Gasteiger charge is -2.15. The molecule has 0 aromatic heterocycles. The standard InChI is InChI=1S/C13H17N3O2/c1-3-4-6-10(2)15-12-8-5-7-11(9-14)13(12)16(17)18/h5,7-8,10,15H,3-4,6H2,1-2H3. The Hall–Kier alpha value is -2.09. The Morgan fingerprint density at radius 3 is 2.83 bits per heavy atom. The van der Waals surface area contributed by atoms with Gasteiger partial charge < -0.3 is 5.32 Å². The molecule has 0 heterocycles. The van der Waals surface area contributed by atoms with Crippen LogP contribution in [0.2, 0.25) is 0 Å². The van der Waals surface area contributed by atoms with Gasteiger partial charge in [0.25, 0.3) is 0 Å². The van der Waals surface area contributed by atoms with Crippen LogP contribution < -0.4 is 5.32 Å². The van der Waals surface area contributed by atoms with Gasteiger partial charge in [-0.2, -0.15) is 5.26 Å². The lowest BCUT2D eigenvalue weighted by Crippen LogP contribution is -2.16. The van der Waals surface area contributed by atoms with Crippen LogP contribution in [0.25, 0.3) is 0 Å². The molecule has 0 aliphatic rings. The fraction of sp³-hybridized carbons (Fsp3) is 0.462. The highest BCUT2D eigenvalue weighted by atomic mass is 16.6. The summed E-state index contributed by atoms with van der Waals surface area (Å²) < 4.78 is 0. The van der Waals surface area contributed by atoms with Crippen LogP contribution in [0, 0.1) is 21.4 Å². The normalized spacial score (nSPS) is 11.6. The monoisotopic (exact) mass is 247 g/mol. The molecule has 1 N–H and O–H groups in total. The Morgan fingerprint density at radius 1 is 1.56 bits per heavy atom. The highest BCUT2D eigenvalue weighted by molar-refractivity contribution is 5.68. The molecule has 1 rings (SSSR count). The average molecular weight is 247 g/mol. The van der Waals surface area contributed by atoms with Crippen LogP contribution in [-0.2, 0) is 0 Å². The molecule has 1 unspecified atom stereocenters. The van der Waals surface area contributed by atoms with Crippen molar-refractivity contribution in [1.29, 1.82) is 5.26 Å². The van der Waals surface area contributed by atoms with Gasteiger partial charge in [-0.1, -0.05) is 25.8 Å². The van der Waals surface area contributed by atoms with Gasteiger partial charge in [-0.25, -0.2) is 0 Å². The van der Waals surface area contributed by atoms with Crippen molar-refractivity contribution in [3.05, 3.63) is 33.9 Å². The molecule has 1 aromatic carbocycles. The zero-order valence-electron chi connectivity index (χ0n) is 10.6. The van der Waals surface area contributed by atoms with Crippen LogP contribution in [0.3, 0.4) is 0 Å². The molecule has 96 valence electrons. The van der Waals surface area contributed by atoms with Crippen molar-refractivity contribution in [1.82, 2.24) is 0 Å². The number of benzene rings is 1. The average Bonchev–Trinajstić information content (AvgIpc) is 2.35. The lowest BCUT2D eigenvalue weighted by atomic mass is 10.1. The number of nitro groups is 1. The number of anilines is 1. The Kier molecular flexibility index (Phi) is 5.12. The van der Waals surface area contributed by atoms with Gasteiger partial charge in [0.1, 0.15) is 17.3 Å². The van der Waals surface area contributed by atoms with Crippen LogP contribution in [0.1, 0.15) is 38.7 Å². The Morgan fingerprint density at radius 2 is 2.28 bits per heavy atom. The molecule has 1 atom stereocenters.